The van der Waals surface area contributed by atoms with Crippen LogP contribution < -0.4 is 9.47 Å². The van der Waals surface area contributed by atoms with Crippen molar-refractivity contribution in [1.82, 2.24) is 4.90 Å². The third kappa shape index (κ3) is 3.60. The number of rotatable bonds is 4. The lowest BCUT2D eigenvalue weighted by Gasteiger charge is -2.23. The van der Waals surface area contributed by atoms with Crippen molar-refractivity contribution in [3.05, 3.63) is 57.2 Å². The third-order valence-electron chi connectivity index (χ3n) is 3.75. The smallest absolute Gasteiger partial charge is 0.255 e. The van der Waals surface area contributed by atoms with Crippen molar-refractivity contribution in [1.29, 1.82) is 0 Å². The lowest BCUT2D eigenvalue weighted by Crippen LogP contribution is -2.31. The van der Waals surface area contributed by atoms with Crippen LogP contribution in [-0.4, -0.2) is 30.6 Å². The summed E-state index contributed by atoms with van der Waals surface area (Å²) in [6.45, 7) is 4.34. The van der Waals surface area contributed by atoms with E-state index in [0.29, 0.717) is 26.3 Å². The Bertz CT molecular complexity index is 717. The molecule has 120 valence electrons. The summed E-state index contributed by atoms with van der Waals surface area (Å²) in [7, 11) is 0. The van der Waals surface area contributed by atoms with E-state index in [2.05, 4.69) is 22.6 Å². The summed E-state index contributed by atoms with van der Waals surface area (Å²) in [5.74, 6) is 1.57. The van der Waals surface area contributed by atoms with Crippen LogP contribution in [-0.2, 0) is 6.54 Å². The van der Waals surface area contributed by atoms with Gasteiger partial charge < -0.3 is 14.4 Å². The molecule has 1 heterocycles. The van der Waals surface area contributed by atoms with Crippen LogP contribution in [0.3, 0.4) is 0 Å². The van der Waals surface area contributed by atoms with Gasteiger partial charge in [0.25, 0.3) is 5.91 Å². The maximum atomic E-state index is 12.8. The van der Waals surface area contributed by atoms with Crippen molar-refractivity contribution in [3.8, 4) is 11.5 Å². The number of halogens is 1. The zero-order chi connectivity index (χ0) is 16.2. The summed E-state index contributed by atoms with van der Waals surface area (Å²) in [5, 5.41) is 0. The number of hydrogen-bond acceptors (Lipinski definition) is 3. The highest BCUT2D eigenvalue weighted by molar-refractivity contribution is 14.1. The van der Waals surface area contributed by atoms with Crippen molar-refractivity contribution in [2.45, 2.75) is 13.5 Å². The molecular formula is C18H18INO3. The summed E-state index contributed by atoms with van der Waals surface area (Å²) >= 11 is 2.20. The highest BCUT2D eigenvalue weighted by atomic mass is 127. The van der Waals surface area contributed by atoms with Crippen LogP contribution in [0.4, 0.5) is 0 Å². The SMILES string of the molecule is CCN(Cc1ccc2c(c1)OCCO2)C(=O)c1ccccc1I. The Labute approximate surface area is 149 Å². The van der Waals surface area contributed by atoms with Gasteiger partial charge in [0.2, 0.25) is 0 Å². The number of hydrogen-bond donors (Lipinski definition) is 0. The molecule has 0 spiro atoms. The van der Waals surface area contributed by atoms with Gasteiger partial charge in [-0.25, -0.2) is 0 Å². The molecule has 23 heavy (non-hydrogen) atoms. The molecule has 4 nitrogen and oxygen atoms in total. The Morgan fingerprint density at radius 3 is 2.61 bits per heavy atom. The Morgan fingerprint density at radius 2 is 1.87 bits per heavy atom. The predicted octanol–water partition coefficient (Wildman–Crippen LogP) is 3.72. The van der Waals surface area contributed by atoms with Gasteiger partial charge in [-0.2, -0.15) is 0 Å². The van der Waals surface area contributed by atoms with E-state index in [0.717, 1.165) is 26.2 Å². The lowest BCUT2D eigenvalue weighted by atomic mass is 10.1. The first-order chi connectivity index (χ1) is 11.2. The molecule has 2 aromatic rings. The molecule has 1 aliphatic heterocycles. The molecule has 0 atom stereocenters. The van der Waals surface area contributed by atoms with Crippen LogP contribution in [0.5, 0.6) is 11.5 Å². The molecule has 2 aromatic carbocycles. The molecule has 0 bridgehead atoms. The molecule has 0 saturated carbocycles. The minimum atomic E-state index is 0.0485. The van der Waals surface area contributed by atoms with Gasteiger partial charge in [-0.1, -0.05) is 18.2 Å². The van der Waals surface area contributed by atoms with E-state index in [1.165, 1.54) is 0 Å². The van der Waals surface area contributed by atoms with E-state index in [-0.39, 0.29) is 5.91 Å². The monoisotopic (exact) mass is 423 g/mol. The van der Waals surface area contributed by atoms with Gasteiger partial charge in [0.15, 0.2) is 11.5 Å². The summed E-state index contributed by atoms with van der Waals surface area (Å²) in [4.78, 5) is 14.6. The number of nitrogens with zero attached hydrogens (tertiary/aromatic N) is 1. The number of ether oxygens (including phenoxy) is 2. The first kappa shape index (κ1) is 16.1. The largest absolute Gasteiger partial charge is 0.486 e. The summed E-state index contributed by atoms with van der Waals surface area (Å²) in [5.41, 5.74) is 1.78. The minimum absolute atomic E-state index is 0.0485. The van der Waals surface area contributed by atoms with Gasteiger partial charge in [-0.15, -0.1) is 0 Å². The topological polar surface area (TPSA) is 38.8 Å². The fourth-order valence-electron chi connectivity index (χ4n) is 2.54. The first-order valence-electron chi connectivity index (χ1n) is 7.61. The zero-order valence-corrected chi connectivity index (χ0v) is 15.1. The van der Waals surface area contributed by atoms with Gasteiger partial charge in [-0.05, 0) is 59.3 Å². The highest BCUT2D eigenvalue weighted by Crippen LogP contribution is 2.31. The molecule has 0 unspecified atom stereocenters. The van der Waals surface area contributed by atoms with Gasteiger partial charge in [0.05, 0.1) is 5.56 Å². The molecule has 0 radical (unpaired) electrons. The maximum absolute atomic E-state index is 12.8. The average molecular weight is 423 g/mol. The molecule has 0 aliphatic carbocycles. The molecule has 3 rings (SSSR count). The van der Waals surface area contributed by atoms with Crippen LogP contribution in [0, 0.1) is 3.57 Å². The fraction of sp³-hybridized carbons (Fsp3) is 0.278. The van der Waals surface area contributed by atoms with Crippen molar-refractivity contribution in [2.75, 3.05) is 19.8 Å². The van der Waals surface area contributed by atoms with Crippen LogP contribution in [0.1, 0.15) is 22.8 Å². The highest BCUT2D eigenvalue weighted by Gasteiger charge is 2.18. The molecule has 1 amide bonds. The van der Waals surface area contributed by atoms with Crippen LogP contribution in [0.15, 0.2) is 42.5 Å². The van der Waals surface area contributed by atoms with Gasteiger partial charge in [0, 0.05) is 16.7 Å². The van der Waals surface area contributed by atoms with E-state index >= 15 is 0 Å². The molecule has 0 aromatic heterocycles. The zero-order valence-electron chi connectivity index (χ0n) is 12.9. The van der Waals surface area contributed by atoms with E-state index in [1.807, 2.05) is 54.3 Å². The summed E-state index contributed by atoms with van der Waals surface area (Å²) in [6, 6.07) is 13.5. The van der Waals surface area contributed by atoms with Crippen LogP contribution >= 0.6 is 22.6 Å². The quantitative estimate of drug-likeness (QED) is 0.704. The van der Waals surface area contributed by atoms with Crippen molar-refractivity contribution in [3.63, 3.8) is 0 Å². The fourth-order valence-corrected chi connectivity index (χ4v) is 3.16. The van der Waals surface area contributed by atoms with Gasteiger partial charge >= 0.3 is 0 Å². The molecule has 0 fully saturated rings. The van der Waals surface area contributed by atoms with Gasteiger partial charge in [0.1, 0.15) is 13.2 Å². The van der Waals surface area contributed by atoms with E-state index in [4.69, 9.17) is 9.47 Å². The second-order valence-electron chi connectivity index (χ2n) is 5.28. The lowest BCUT2D eigenvalue weighted by molar-refractivity contribution is 0.0751. The molecule has 5 heteroatoms. The number of fused-ring (bicyclic) bond motifs is 1. The molecule has 0 saturated heterocycles. The Balaban J connectivity index is 1.79. The van der Waals surface area contributed by atoms with E-state index in [9.17, 15) is 4.79 Å². The van der Waals surface area contributed by atoms with E-state index in [1.54, 1.807) is 0 Å². The van der Waals surface area contributed by atoms with Crippen LogP contribution in [0.2, 0.25) is 0 Å². The standard InChI is InChI=1S/C18H18INO3/c1-2-20(18(21)14-5-3-4-6-15(14)19)12-13-7-8-16-17(11-13)23-10-9-22-16/h3-8,11H,2,9-10,12H2,1H3. The Morgan fingerprint density at radius 1 is 1.13 bits per heavy atom. The second-order valence-corrected chi connectivity index (χ2v) is 6.44. The van der Waals surface area contributed by atoms with E-state index < -0.39 is 0 Å². The molecule has 0 N–H and O–H groups in total. The van der Waals surface area contributed by atoms with Gasteiger partial charge in [-0.3, -0.25) is 4.79 Å². The Hall–Kier alpha value is -1.76. The van der Waals surface area contributed by atoms with Crippen molar-refractivity contribution in [2.24, 2.45) is 0 Å². The van der Waals surface area contributed by atoms with Crippen LogP contribution in [0.25, 0.3) is 0 Å². The number of carbonyl (C=O) groups excluding carboxylic acids is 1. The normalized spacial score (nSPS) is 12.8. The average Bonchev–Trinajstić information content (AvgIpc) is 2.59. The molecular weight excluding hydrogens is 405 g/mol. The second kappa shape index (κ2) is 7.21. The minimum Gasteiger partial charge on any atom is -0.486 e. The Kier molecular flexibility index (Phi) is 5.05. The summed E-state index contributed by atoms with van der Waals surface area (Å²) < 4.78 is 12.1. The van der Waals surface area contributed by atoms with Crippen molar-refractivity contribution < 1.29 is 14.3 Å². The number of carbonyl (C=O) groups is 1. The first-order valence-corrected chi connectivity index (χ1v) is 8.69. The maximum Gasteiger partial charge on any atom is 0.255 e. The number of benzene rings is 2. The predicted molar refractivity (Wildman–Crippen MR) is 97.0 cm³/mol. The summed E-state index contributed by atoms with van der Waals surface area (Å²) in [6.07, 6.45) is 0. The van der Waals surface area contributed by atoms with Crippen molar-refractivity contribution >= 4 is 28.5 Å². The molecule has 1 aliphatic rings. The third-order valence-corrected chi connectivity index (χ3v) is 4.69. The number of amides is 1.